The second-order valence-electron chi connectivity index (χ2n) is 9.06. The number of anilines is 2. The minimum absolute atomic E-state index is 0.273. The van der Waals surface area contributed by atoms with Crippen molar-refractivity contribution in [2.45, 2.75) is 39.5 Å². The maximum atomic E-state index is 11.6. The number of nitrogens with one attached hydrogen (secondary N) is 3. The second-order valence-corrected chi connectivity index (χ2v) is 12.6. The number of hydrogen-bond acceptors (Lipinski definition) is 7. The standard InChI is InChI=1S/C15H22N2O4S.C10H14N2O2S/c1-6-12-9-11(7-8-13(12)17-22(5,19)20)10-16-14(18)21-15(2,3)4;1-3-9-6-8(7-11)4-5-10(9)12-15(2,13)14/h6-9,17H,1,10H2,2-5H3,(H,16,18);3-6,12H,1,7,11H2,2H3. The summed E-state index contributed by atoms with van der Waals surface area (Å²) in [5.74, 6) is 0. The van der Waals surface area contributed by atoms with Crippen molar-refractivity contribution in [3.8, 4) is 0 Å². The minimum atomic E-state index is -3.36. The predicted octanol–water partition coefficient (Wildman–Crippen LogP) is 3.89. The van der Waals surface area contributed by atoms with Crippen LogP contribution in [0.3, 0.4) is 0 Å². The largest absolute Gasteiger partial charge is 0.444 e. The lowest BCUT2D eigenvalue weighted by Gasteiger charge is -2.19. The molecule has 0 saturated heterocycles. The van der Waals surface area contributed by atoms with E-state index in [0.29, 0.717) is 23.5 Å². The van der Waals surface area contributed by atoms with Crippen LogP contribution in [0.4, 0.5) is 16.2 Å². The molecule has 1 amide bonds. The summed E-state index contributed by atoms with van der Waals surface area (Å²) in [7, 11) is -6.61. The van der Waals surface area contributed by atoms with Gasteiger partial charge in [-0.25, -0.2) is 21.6 Å². The third-order valence-corrected chi connectivity index (χ3v) is 5.52. The Morgan fingerprint density at radius 2 is 1.32 bits per heavy atom. The zero-order valence-corrected chi connectivity index (χ0v) is 23.4. The molecule has 0 heterocycles. The van der Waals surface area contributed by atoms with Crippen molar-refractivity contribution < 1.29 is 26.4 Å². The molecule has 10 nitrogen and oxygen atoms in total. The predicted molar refractivity (Wildman–Crippen MR) is 151 cm³/mol. The second kappa shape index (κ2) is 13.3. The lowest BCUT2D eigenvalue weighted by atomic mass is 10.1. The van der Waals surface area contributed by atoms with Crippen molar-refractivity contribution in [3.63, 3.8) is 0 Å². The molecule has 0 aliphatic rings. The quantitative estimate of drug-likeness (QED) is 0.368. The number of ether oxygens (including phenoxy) is 1. The Morgan fingerprint density at radius 3 is 1.70 bits per heavy atom. The Labute approximate surface area is 220 Å². The third-order valence-electron chi connectivity index (χ3n) is 4.33. The van der Waals surface area contributed by atoms with E-state index in [2.05, 4.69) is 27.9 Å². The molecule has 0 aliphatic carbocycles. The van der Waals surface area contributed by atoms with E-state index in [1.807, 2.05) is 0 Å². The highest BCUT2D eigenvalue weighted by Crippen LogP contribution is 2.21. The fourth-order valence-corrected chi connectivity index (χ4v) is 4.04. The summed E-state index contributed by atoms with van der Waals surface area (Å²) >= 11 is 0. The van der Waals surface area contributed by atoms with Crippen LogP contribution in [-0.4, -0.2) is 41.0 Å². The average Bonchev–Trinajstić information content (AvgIpc) is 2.76. The van der Waals surface area contributed by atoms with Gasteiger partial charge in [-0.1, -0.05) is 37.4 Å². The molecule has 0 aromatic heterocycles. The highest BCUT2D eigenvalue weighted by Gasteiger charge is 2.16. The SMILES string of the molecule is C=Cc1cc(CN)ccc1NS(C)(=O)=O.C=Cc1cc(CNC(=O)OC(C)(C)C)ccc1NS(C)(=O)=O. The minimum Gasteiger partial charge on any atom is -0.444 e. The Hall–Kier alpha value is -3.35. The first-order chi connectivity index (χ1) is 17.0. The maximum absolute atomic E-state index is 11.6. The van der Waals surface area contributed by atoms with E-state index in [0.717, 1.165) is 29.2 Å². The molecule has 2 rings (SSSR count). The summed E-state index contributed by atoms with van der Waals surface area (Å²) in [6.45, 7) is 13.3. The molecule has 0 bridgehead atoms. The number of amides is 1. The van der Waals surface area contributed by atoms with Crippen molar-refractivity contribution in [3.05, 3.63) is 71.8 Å². The Bertz CT molecular complexity index is 1330. The number of nitrogens with two attached hydrogens (primary N) is 1. The van der Waals surface area contributed by atoms with Gasteiger partial charge >= 0.3 is 6.09 Å². The van der Waals surface area contributed by atoms with Gasteiger partial charge in [0.05, 0.1) is 23.9 Å². The van der Waals surface area contributed by atoms with Crippen LogP contribution in [0.25, 0.3) is 12.2 Å². The summed E-state index contributed by atoms with van der Waals surface area (Å²) < 4.78 is 54.6. The number of alkyl carbamates (subject to hydrolysis) is 1. The fraction of sp³-hybridized carbons (Fsp3) is 0.320. The molecule has 0 fully saturated rings. The van der Waals surface area contributed by atoms with E-state index in [9.17, 15) is 21.6 Å². The van der Waals surface area contributed by atoms with Gasteiger partial charge in [0.1, 0.15) is 5.60 Å². The zero-order chi connectivity index (χ0) is 28.4. The topological polar surface area (TPSA) is 157 Å². The van der Waals surface area contributed by atoms with E-state index in [-0.39, 0.29) is 6.54 Å². The molecule has 0 unspecified atom stereocenters. The van der Waals surface area contributed by atoms with Crippen molar-refractivity contribution in [1.29, 1.82) is 0 Å². The number of benzene rings is 2. The number of sulfonamides is 2. The van der Waals surface area contributed by atoms with Crippen molar-refractivity contribution in [2.75, 3.05) is 22.0 Å². The molecule has 204 valence electrons. The maximum Gasteiger partial charge on any atom is 0.407 e. The van der Waals surface area contributed by atoms with Gasteiger partial charge in [-0.2, -0.15) is 0 Å². The van der Waals surface area contributed by atoms with E-state index in [4.69, 9.17) is 10.5 Å². The summed E-state index contributed by atoms with van der Waals surface area (Å²) in [5.41, 5.74) is 8.98. The van der Waals surface area contributed by atoms with Crippen LogP contribution >= 0.6 is 0 Å². The number of carbonyl (C=O) groups excluding carboxylic acids is 1. The van der Waals surface area contributed by atoms with Crippen molar-refractivity contribution in [1.82, 2.24) is 5.32 Å². The molecule has 0 atom stereocenters. The van der Waals surface area contributed by atoms with Gasteiger partial charge in [0.2, 0.25) is 20.0 Å². The van der Waals surface area contributed by atoms with Crippen LogP contribution in [0.1, 0.15) is 43.0 Å². The van der Waals surface area contributed by atoms with Gasteiger partial charge in [0.25, 0.3) is 0 Å². The van der Waals surface area contributed by atoms with Crippen LogP contribution in [0.2, 0.25) is 0 Å². The van der Waals surface area contributed by atoms with E-state index in [1.165, 1.54) is 0 Å². The number of rotatable bonds is 9. The van der Waals surface area contributed by atoms with Crippen molar-refractivity contribution >= 4 is 49.7 Å². The lowest BCUT2D eigenvalue weighted by Crippen LogP contribution is -2.32. The first kappa shape index (κ1) is 31.7. The Balaban J connectivity index is 0.000000397. The first-order valence-corrected chi connectivity index (χ1v) is 14.9. The molecule has 12 heteroatoms. The number of hydrogen-bond donors (Lipinski definition) is 4. The highest BCUT2D eigenvalue weighted by atomic mass is 32.2. The summed E-state index contributed by atoms with van der Waals surface area (Å²) in [6.07, 6.45) is 4.82. The third kappa shape index (κ3) is 13.0. The molecule has 5 N–H and O–H groups in total. The van der Waals surface area contributed by atoms with Crippen LogP contribution in [0, 0.1) is 0 Å². The first-order valence-electron chi connectivity index (χ1n) is 11.1. The summed E-state index contributed by atoms with van der Waals surface area (Å²) in [4.78, 5) is 11.6. The van der Waals surface area contributed by atoms with Crippen LogP contribution < -0.4 is 20.5 Å². The van der Waals surface area contributed by atoms with Gasteiger partial charge in [0.15, 0.2) is 0 Å². The van der Waals surface area contributed by atoms with Crippen LogP contribution in [0.15, 0.2) is 49.6 Å². The molecule has 0 saturated carbocycles. The van der Waals surface area contributed by atoms with Crippen LogP contribution in [-0.2, 0) is 37.9 Å². The molecule has 2 aromatic rings. The zero-order valence-electron chi connectivity index (χ0n) is 21.8. The average molecular weight is 553 g/mol. The molecule has 37 heavy (non-hydrogen) atoms. The monoisotopic (exact) mass is 552 g/mol. The normalized spacial score (nSPS) is 11.4. The molecule has 0 aliphatic heterocycles. The molecular formula is C25H36N4O6S2. The van der Waals surface area contributed by atoms with Crippen LogP contribution in [0.5, 0.6) is 0 Å². The molecule has 0 radical (unpaired) electrons. The Kier molecular flexibility index (Phi) is 11.4. The van der Waals surface area contributed by atoms with Gasteiger partial charge < -0.3 is 15.8 Å². The smallest absolute Gasteiger partial charge is 0.407 e. The summed E-state index contributed by atoms with van der Waals surface area (Å²) in [6, 6.07) is 10.4. The van der Waals surface area contributed by atoms with E-state index in [1.54, 1.807) is 69.3 Å². The fourth-order valence-electron chi connectivity index (χ4n) is 2.87. The highest BCUT2D eigenvalue weighted by molar-refractivity contribution is 7.92. The Morgan fingerprint density at radius 1 is 0.892 bits per heavy atom. The molecule has 2 aromatic carbocycles. The molecule has 0 spiro atoms. The molecular weight excluding hydrogens is 516 g/mol. The number of carbonyl (C=O) groups is 1. The van der Waals surface area contributed by atoms with Gasteiger partial charge in [-0.15, -0.1) is 0 Å². The lowest BCUT2D eigenvalue weighted by molar-refractivity contribution is 0.0523. The van der Waals surface area contributed by atoms with Gasteiger partial charge in [-0.3, -0.25) is 9.44 Å². The van der Waals surface area contributed by atoms with Gasteiger partial charge in [0, 0.05) is 13.1 Å². The van der Waals surface area contributed by atoms with Gasteiger partial charge in [-0.05, 0) is 67.3 Å². The van der Waals surface area contributed by atoms with E-state index >= 15 is 0 Å². The summed E-state index contributed by atoms with van der Waals surface area (Å²) in [5, 5.41) is 2.64. The van der Waals surface area contributed by atoms with Crippen molar-refractivity contribution in [2.24, 2.45) is 5.73 Å². The van der Waals surface area contributed by atoms with E-state index < -0.39 is 31.7 Å².